The minimum Gasteiger partial charge on any atom is -0.387 e. The molecule has 0 aliphatic rings. The number of nitro groups is 1. The molecule has 1 aromatic heterocycles. The summed E-state index contributed by atoms with van der Waals surface area (Å²) in [5.74, 6) is -0.202. The number of ketones is 1. The van der Waals surface area contributed by atoms with E-state index < -0.39 is 16.8 Å². The van der Waals surface area contributed by atoms with Gasteiger partial charge >= 0.3 is 0 Å². The number of anilines is 1. The zero-order valence-electron chi connectivity index (χ0n) is 15.5. The Kier molecular flexibility index (Phi) is 5.51. The lowest BCUT2D eigenvalue weighted by Crippen LogP contribution is -2.14. The molecule has 0 amide bonds. The molecule has 28 heavy (non-hydrogen) atoms. The Hall–Kier alpha value is -3.52. The summed E-state index contributed by atoms with van der Waals surface area (Å²) in [7, 11) is 1.68. The lowest BCUT2D eigenvalue weighted by Gasteiger charge is -2.14. The van der Waals surface area contributed by atoms with Crippen LogP contribution in [0.1, 0.15) is 33.4 Å². The van der Waals surface area contributed by atoms with E-state index in [0.717, 1.165) is 11.1 Å². The molecule has 0 spiro atoms. The average Bonchev–Trinajstić information content (AvgIpc) is 3.11. The van der Waals surface area contributed by atoms with Gasteiger partial charge in [0.2, 0.25) is 5.78 Å². The van der Waals surface area contributed by atoms with E-state index in [4.69, 9.17) is 0 Å². The van der Waals surface area contributed by atoms with Gasteiger partial charge in [-0.3, -0.25) is 14.9 Å². The van der Waals surface area contributed by atoms with Crippen molar-refractivity contribution in [3.63, 3.8) is 0 Å². The molecule has 3 aromatic rings. The number of nitro benzene ring substituents is 1. The first-order valence-corrected chi connectivity index (χ1v) is 8.66. The van der Waals surface area contributed by atoms with E-state index >= 15 is 0 Å². The monoisotopic (exact) mass is 380 g/mol. The summed E-state index contributed by atoms with van der Waals surface area (Å²) in [6.07, 6.45) is 2.29. The lowest BCUT2D eigenvalue weighted by atomic mass is 10.1. The van der Waals surface area contributed by atoms with Crippen molar-refractivity contribution >= 4 is 17.2 Å². The highest BCUT2D eigenvalue weighted by molar-refractivity contribution is 6.07. The number of aromatic nitrogens is 2. The normalized spacial score (nSPS) is 11.8. The second-order valence-corrected chi connectivity index (χ2v) is 6.49. The fourth-order valence-electron chi connectivity index (χ4n) is 2.89. The molecular weight excluding hydrogens is 360 g/mol. The molecule has 3 rings (SSSR count). The molecule has 0 bridgehead atoms. The third kappa shape index (κ3) is 4.07. The Morgan fingerprint density at radius 1 is 1.32 bits per heavy atom. The number of rotatable bonds is 7. The fourth-order valence-corrected chi connectivity index (χ4v) is 2.89. The Morgan fingerprint density at radius 2 is 2.11 bits per heavy atom. The van der Waals surface area contributed by atoms with E-state index in [1.54, 1.807) is 23.9 Å². The maximum Gasteiger partial charge on any atom is 0.293 e. The van der Waals surface area contributed by atoms with Gasteiger partial charge in [0.05, 0.1) is 11.0 Å². The van der Waals surface area contributed by atoms with Gasteiger partial charge in [0.15, 0.2) is 5.82 Å². The number of carbonyl (C=O) groups excluding carboxylic acids is 1. The number of nitrogens with zero attached hydrogens (tertiary/aromatic N) is 3. The number of nitrogens with one attached hydrogen (secondary N) is 1. The number of aryl methyl sites for hydroxylation is 2. The summed E-state index contributed by atoms with van der Waals surface area (Å²) in [5.41, 5.74) is 1.90. The SMILES string of the molecule is Cc1cccc(C(O)CNc2ccc(C(=O)c3nccn3C)cc2[N+](=O)[O-])c1. The molecular formula is C20H20N4O4. The van der Waals surface area contributed by atoms with Crippen LogP contribution in [0.5, 0.6) is 0 Å². The van der Waals surface area contributed by atoms with Crippen LogP contribution in [0.25, 0.3) is 0 Å². The van der Waals surface area contributed by atoms with Gasteiger partial charge in [0.25, 0.3) is 5.69 Å². The van der Waals surface area contributed by atoms with Crippen molar-refractivity contribution in [1.82, 2.24) is 9.55 Å². The molecule has 0 radical (unpaired) electrons. The molecule has 8 nitrogen and oxygen atoms in total. The van der Waals surface area contributed by atoms with Crippen LogP contribution in [0.2, 0.25) is 0 Å². The maximum absolute atomic E-state index is 12.5. The van der Waals surface area contributed by atoms with Crippen LogP contribution in [0.4, 0.5) is 11.4 Å². The van der Waals surface area contributed by atoms with E-state index in [9.17, 15) is 20.0 Å². The van der Waals surface area contributed by atoms with Crippen LogP contribution in [0.15, 0.2) is 54.9 Å². The van der Waals surface area contributed by atoms with Crippen molar-refractivity contribution in [2.45, 2.75) is 13.0 Å². The van der Waals surface area contributed by atoms with Crippen LogP contribution in [0, 0.1) is 17.0 Å². The summed E-state index contributed by atoms with van der Waals surface area (Å²) in [4.78, 5) is 27.4. The number of aliphatic hydroxyl groups is 1. The first-order chi connectivity index (χ1) is 13.4. The predicted octanol–water partition coefficient (Wildman–Crippen LogP) is 3.01. The zero-order chi connectivity index (χ0) is 20.3. The second-order valence-electron chi connectivity index (χ2n) is 6.49. The summed E-state index contributed by atoms with van der Waals surface area (Å²) in [5, 5.41) is 24.7. The second kappa shape index (κ2) is 8.01. The number of aliphatic hydroxyl groups excluding tert-OH is 1. The van der Waals surface area contributed by atoms with Gasteiger partial charge in [-0.25, -0.2) is 4.98 Å². The van der Waals surface area contributed by atoms with Gasteiger partial charge in [0.1, 0.15) is 5.69 Å². The molecule has 1 unspecified atom stereocenters. The van der Waals surface area contributed by atoms with Crippen LogP contribution < -0.4 is 5.32 Å². The fraction of sp³-hybridized carbons (Fsp3) is 0.200. The highest BCUT2D eigenvalue weighted by atomic mass is 16.6. The molecule has 2 N–H and O–H groups in total. The largest absolute Gasteiger partial charge is 0.387 e. The smallest absolute Gasteiger partial charge is 0.293 e. The van der Waals surface area contributed by atoms with E-state index in [1.165, 1.54) is 24.4 Å². The summed E-state index contributed by atoms with van der Waals surface area (Å²) in [6.45, 7) is 2.02. The minimum absolute atomic E-state index is 0.0942. The van der Waals surface area contributed by atoms with Crippen LogP contribution in [0.3, 0.4) is 0 Å². The summed E-state index contributed by atoms with van der Waals surface area (Å²) in [6, 6.07) is 11.6. The van der Waals surface area contributed by atoms with Crippen molar-refractivity contribution in [3.05, 3.63) is 87.5 Å². The molecule has 0 saturated heterocycles. The molecule has 0 saturated carbocycles. The number of hydrogen-bond donors (Lipinski definition) is 2. The lowest BCUT2D eigenvalue weighted by molar-refractivity contribution is -0.384. The average molecular weight is 380 g/mol. The van der Waals surface area contributed by atoms with Gasteiger partial charge in [0, 0.05) is 37.6 Å². The van der Waals surface area contributed by atoms with Gasteiger partial charge in [-0.05, 0) is 24.6 Å². The molecule has 0 aliphatic heterocycles. The third-order valence-electron chi connectivity index (χ3n) is 4.39. The van der Waals surface area contributed by atoms with Gasteiger partial charge in [-0.2, -0.15) is 0 Å². The van der Waals surface area contributed by atoms with E-state index in [1.807, 2.05) is 25.1 Å². The molecule has 1 atom stereocenters. The number of imidazole rings is 1. The standard InChI is InChI=1S/C20H20N4O4/c1-13-4-3-5-14(10-13)18(25)12-22-16-7-6-15(11-17(16)24(27)28)19(26)20-21-8-9-23(20)2/h3-11,18,22,25H,12H2,1-2H3. The number of benzene rings is 2. The molecule has 2 aromatic carbocycles. The van der Waals surface area contributed by atoms with Crippen molar-refractivity contribution < 1.29 is 14.8 Å². The van der Waals surface area contributed by atoms with Crippen LogP contribution in [-0.4, -0.2) is 31.9 Å². The Balaban J connectivity index is 1.81. The topological polar surface area (TPSA) is 110 Å². The van der Waals surface area contributed by atoms with Crippen molar-refractivity contribution in [3.8, 4) is 0 Å². The Bertz CT molecular complexity index is 1030. The molecule has 8 heteroatoms. The summed E-state index contributed by atoms with van der Waals surface area (Å²) >= 11 is 0. The predicted molar refractivity (Wildman–Crippen MR) is 104 cm³/mol. The van der Waals surface area contributed by atoms with Crippen LogP contribution in [-0.2, 0) is 7.05 Å². The Labute approximate surface area is 161 Å². The maximum atomic E-state index is 12.5. The van der Waals surface area contributed by atoms with E-state index in [-0.39, 0.29) is 29.3 Å². The van der Waals surface area contributed by atoms with Crippen molar-refractivity contribution in [1.29, 1.82) is 0 Å². The highest BCUT2D eigenvalue weighted by Crippen LogP contribution is 2.27. The molecule has 1 heterocycles. The van der Waals surface area contributed by atoms with E-state index in [2.05, 4.69) is 10.3 Å². The molecule has 144 valence electrons. The quantitative estimate of drug-likeness (QED) is 0.370. The van der Waals surface area contributed by atoms with Crippen molar-refractivity contribution in [2.24, 2.45) is 7.05 Å². The highest BCUT2D eigenvalue weighted by Gasteiger charge is 2.21. The van der Waals surface area contributed by atoms with Crippen molar-refractivity contribution in [2.75, 3.05) is 11.9 Å². The first kappa shape index (κ1) is 19.2. The number of hydrogen-bond acceptors (Lipinski definition) is 6. The summed E-state index contributed by atoms with van der Waals surface area (Å²) < 4.78 is 1.55. The number of carbonyl (C=O) groups is 1. The first-order valence-electron chi connectivity index (χ1n) is 8.66. The van der Waals surface area contributed by atoms with Gasteiger partial charge < -0.3 is 15.0 Å². The minimum atomic E-state index is -0.826. The van der Waals surface area contributed by atoms with Crippen LogP contribution >= 0.6 is 0 Å². The van der Waals surface area contributed by atoms with Gasteiger partial charge in [-0.1, -0.05) is 29.8 Å². The molecule has 0 fully saturated rings. The zero-order valence-corrected chi connectivity index (χ0v) is 15.5. The molecule has 0 aliphatic carbocycles. The van der Waals surface area contributed by atoms with Gasteiger partial charge in [-0.15, -0.1) is 0 Å². The third-order valence-corrected chi connectivity index (χ3v) is 4.39. The Morgan fingerprint density at radius 3 is 2.75 bits per heavy atom. The van der Waals surface area contributed by atoms with E-state index in [0.29, 0.717) is 0 Å².